The smallest absolute Gasteiger partial charge is 0.0108 e. The molecule has 0 aliphatic carbocycles. The van der Waals surface area contributed by atoms with Crippen molar-refractivity contribution in [2.75, 3.05) is 13.1 Å². The Balaban J connectivity index is 2.63. The van der Waals surface area contributed by atoms with Crippen LogP contribution in [0.2, 0.25) is 0 Å². The SMILES string of the molecule is CCC(CCN)N1CC(C)CC(C)C1C. The highest BCUT2D eigenvalue weighted by Crippen LogP contribution is 2.29. The molecule has 0 saturated carbocycles. The van der Waals surface area contributed by atoms with E-state index in [1.807, 2.05) is 0 Å². The minimum absolute atomic E-state index is 0.704. The molecule has 0 amide bonds. The molecule has 1 rings (SSSR count). The fourth-order valence-electron chi connectivity index (χ4n) is 3.04. The lowest BCUT2D eigenvalue weighted by Crippen LogP contribution is -2.51. The van der Waals surface area contributed by atoms with Gasteiger partial charge in [0, 0.05) is 18.6 Å². The van der Waals surface area contributed by atoms with Crippen LogP contribution in [0.4, 0.5) is 0 Å². The van der Waals surface area contributed by atoms with Crippen molar-refractivity contribution in [3.05, 3.63) is 0 Å². The summed E-state index contributed by atoms with van der Waals surface area (Å²) in [6.07, 6.45) is 3.78. The summed E-state index contributed by atoms with van der Waals surface area (Å²) in [5.74, 6) is 1.68. The van der Waals surface area contributed by atoms with Gasteiger partial charge in [-0.15, -0.1) is 0 Å². The Morgan fingerprint density at radius 3 is 2.53 bits per heavy atom. The quantitative estimate of drug-likeness (QED) is 0.776. The van der Waals surface area contributed by atoms with E-state index in [1.54, 1.807) is 0 Å². The first-order chi connectivity index (χ1) is 7.10. The van der Waals surface area contributed by atoms with Crippen molar-refractivity contribution in [2.24, 2.45) is 17.6 Å². The Bertz CT molecular complexity index is 181. The van der Waals surface area contributed by atoms with Gasteiger partial charge in [0.05, 0.1) is 0 Å². The van der Waals surface area contributed by atoms with Crippen molar-refractivity contribution in [2.45, 2.75) is 59.0 Å². The summed E-state index contributed by atoms with van der Waals surface area (Å²) >= 11 is 0. The lowest BCUT2D eigenvalue weighted by molar-refractivity contribution is 0.0361. The van der Waals surface area contributed by atoms with E-state index in [0.29, 0.717) is 6.04 Å². The van der Waals surface area contributed by atoms with E-state index >= 15 is 0 Å². The maximum Gasteiger partial charge on any atom is 0.0108 e. The van der Waals surface area contributed by atoms with Gasteiger partial charge in [0.1, 0.15) is 0 Å². The Labute approximate surface area is 95.2 Å². The van der Waals surface area contributed by atoms with Gasteiger partial charge < -0.3 is 5.73 Å². The molecular weight excluding hydrogens is 184 g/mol. The van der Waals surface area contributed by atoms with Crippen LogP contribution >= 0.6 is 0 Å². The summed E-state index contributed by atoms with van der Waals surface area (Å²) in [5.41, 5.74) is 5.70. The molecule has 15 heavy (non-hydrogen) atoms. The van der Waals surface area contributed by atoms with Gasteiger partial charge in [-0.05, 0) is 44.6 Å². The van der Waals surface area contributed by atoms with Crippen molar-refractivity contribution < 1.29 is 0 Å². The van der Waals surface area contributed by atoms with Crippen molar-refractivity contribution in [1.82, 2.24) is 4.90 Å². The van der Waals surface area contributed by atoms with Crippen molar-refractivity contribution in [3.63, 3.8) is 0 Å². The zero-order chi connectivity index (χ0) is 11.4. The minimum Gasteiger partial charge on any atom is -0.330 e. The summed E-state index contributed by atoms with van der Waals surface area (Å²) in [6.45, 7) is 11.5. The molecule has 1 saturated heterocycles. The average Bonchev–Trinajstić information content (AvgIpc) is 2.20. The van der Waals surface area contributed by atoms with Crippen LogP contribution in [0.5, 0.6) is 0 Å². The number of piperidine rings is 1. The average molecular weight is 212 g/mol. The number of nitrogens with two attached hydrogens (primary N) is 1. The maximum atomic E-state index is 5.70. The molecule has 1 aliphatic rings. The zero-order valence-electron chi connectivity index (χ0n) is 10.9. The first kappa shape index (κ1) is 13.0. The van der Waals surface area contributed by atoms with Crippen LogP contribution in [0, 0.1) is 11.8 Å². The van der Waals surface area contributed by atoms with Crippen LogP contribution in [-0.4, -0.2) is 30.1 Å². The van der Waals surface area contributed by atoms with Gasteiger partial charge in [-0.25, -0.2) is 0 Å². The molecule has 1 aliphatic heterocycles. The zero-order valence-corrected chi connectivity index (χ0v) is 10.9. The molecule has 1 heterocycles. The van der Waals surface area contributed by atoms with Crippen molar-refractivity contribution in [3.8, 4) is 0 Å². The molecular formula is C13H28N2. The highest BCUT2D eigenvalue weighted by molar-refractivity contribution is 4.86. The number of hydrogen-bond acceptors (Lipinski definition) is 2. The number of nitrogens with zero attached hydrogens (tertiary/aromatic N) is 1. The highest BCUT2D eigenvalue weighted by Gasteiger charge is 2.32. The van der Waals surface area contributed by atoms with E-state index in [1.165, 1.54) is 19.4 Å². The first-order valence-electron chi connectivity index (χ1n) is 6.55. The molecule has 1 fully saturated rings. The normalized spacial score (nSPS) is 35.4. The van der Waals surface area contributed by atoms with E-state index in [9.17, 15) is 0 Å². The van der Waals surface area contributed by atoms with E-state index in [-0.39, 0.29) is 0 Å². The van der Waals surface area contributed by atoms with E-state index in [4.69, 9.17) is 5.73 Å². The highest BCUT2D eigenvalue weighted by atomic mass is 15.2. The largest absolute Gasteiger partial charge is 0.330 e. The Kier molecular flexibility index (Phi) is 5.07. The molecule has 4 atom stereocenters. The van der Waals surface area contributed by atoms with Gasteiger partial charge in [-0.1, -0.05) is 20.8 Å². The fraction of sp³-hybridized carbons (Fsp3) is 1.00. The Morgan fingerprint density at radius 2 is 2.00 bits per heavy atom. The van der Waals surface area contributed by atoms with Crippen LogP contribution in [0.25, 0.3) is 0 Å². The minimum atomic E-state index is 0.704. The van der Waals surface area contributed by atoms with E-state index in [2.05, 4.69) is 32.6 Å². The second-order valence-corrected chi connectivity index (χ2v) is 5.39. The second kappa shape index (κ2) is 5.86. The molecule has 0 spiro atoms. The molecule has 2 N–H and O–H groups in total. The molecule has 0 bridgehead atoms. The van der Waals surface area contributed by atoms with Gasteiger partial charge in [-0.2, -0.15) is 0 Å². The molecule has 90 valence electrons. The van der Waals surface area contributed by atoms with Crippen LogP contribution in [0.15, 0.2) is 0 Å². The predicted octanol–water partition coefficient (Wildman–Crippen LogP) is 2.48. The van der Waals surface area contributed by atoms with Gasteiger partial charge in [0.25, 0.3) is 0 Å². The number of rotatable bonds is 4. The topological polar surface area (TPSA) is 29.3 Å². The number of likely N-dealkylation sites (tertiary alicyclic amines) is 1. The molecule has 0 aromatic heterocycles. The molecule has 4 unspecified atom stereocenters. The summed E-state index contributed by atoms with van der Waals surface area (Å²) in [6, 6.07) is 1.44. The lowest BCUT2D eigenvalue weighted by atomic mass is 9.84. The van der Waals surface area contributed by atoms with Crippen LogP contribution in [0.1, 0.15) is 47.0 Å². The molecule has 0 aromatic carbocycles. The van der Waals surface area contributed by atoms with E-state index < -0.39 is 0 Å². The monoisotopic (exact) mass is 212 g/mol. The van der Waals surface area contributed by atoms with Crippen molar-refractivity contribution >= 4 is 0 Å². The van der Waals surface area contributed by atoms with Gasteiger partial charge in [-0.3, -0.25) is 4.90 Å². The molecule has 2 heteroatoms. The van der Waals surface area contributed by atoms with Gasteiger partial charge in [0.15, 0.2) is 0 Å². The molecule has 0 aromatic rings. The molecule has 2 nitrogen and oxygen atoms in total. The summed E-state index contributed by atoms with van der Waals surface area (Å²) in [7, 11) is 0. The van der Waals surface area contributed by atoms with Gasteiger partial charge in [0.2, 0.25) is 0 Å². The third-order valence-corrected chi connectivity index (χ3v) is 4.08. The third kappa shape index (κ3) is 3.18. The summed E-state index contributed by atoms with van der Waals surface area (Å²) < 4.78 is 0. The second-order valence-electron chi connectivity index (χ2n) is 5.39. The summed E-state index contributed by atoms with van der Waals surface area (Å²) in [4.78, 5) is 2.70. The third-order valence-electron chi connectivity index (χ3n) is 4.08. The number of hydrogen-bond donors (Lipinski definition) is 1. The van der Waals surface area contributed by atoms with Crippen LogP contribution < -0.4 is 5.73 Å². The lowest BCUT2D eigenvalue weighted by Gasteiger charge is -2.45. The predicted molar refractivity (Wildman–Crippen MR) is 66.9 cm³/mol. The first-order valence-corrected chi connectivity index (χ1v) is 6.55. The fourth-order valence-corrected chi connectivity index (χ4v) is 3.04. The Morgan fingerprint density at radius 1 is 1.33 bits per heavy atom. The maximum absolute atomic E-state index is 5.70. The Hall–Kier alpha value is -0.0800. The van der Waals surface area contributed by atoms with E-state index in [0.717, 1.165) is 30.8 Å². The van der Waals surface area contributed by atoms with Crippen molar-refractivity contribution in [1.29, 1.82) is 0 Å². The van der Waals surface area contributed by atoms with Gasteiger partial charge >= 0.3 is 0 Å². The van der Waals surface area contributed by atoms with Crippen LogP contribution in [0.3, 0.4) is 0 Å². The molecule has 0 radical (unpaired) electrons. The standard InChI is InChI=1S/C13H28N2/c1-5-13(6-7-14)15-9-10(2)8-11(3)12(15)4/h10-13H,5-9,14H2,1-4H3. The summed E-state index contributed by atoms with van der Waals surface area (Å²) in [5, 5.41) is 0. The van der Waals surface area contributed by atoms with Crippen LogP contribution in [-0.2, 0) is 0 Å².